The van der Waals surface area contributed by atoms with Crippen molar-refractivity contribution in [3.63, 3.8) is 0 Å². The Kier molecular flexibility index (Phi) is 5.59. The fraction of sp³-hybridized carbons (Fsp3) is 0.300. The van der Waals surface area contributed by atoms with Crippen LogP contribution in [0.5, 0.6) is 0 Å². The number of carbonyl (C=O) groups excluding carboxylic acids is 2. The van der Waals surface area contributed by atoms with Crippen LogP contribution in [0.4, 0.5) is 21.5 Å². The highest BCUT2D eigenvalue weighted by molar-refractivity contribution is 6.39. The summed E-state index contributed by atoms with van der Waals surface area (Å²) in [5, 5.41) is 2.65. The number of carbonyl (C=O) groups is 2. The Bertz CT molecular complexity index is 798. The maximum absolute atomic E-state index is 13.0. The van der Waals surface area contributed by atoms with Crippen LogP contribution in [0.2, 0.25) is 0 Å². The Balaban J connectivity index is 1.53. The average Bonchev–Trinajstić information content (AvgIpc) is 2.68. The summed E-state index contributed by atoms with van der Waals surface area (Å²) in [5.74, 6) is -1.45. The fourth-order valence-electron chi connectivity index (χ4n) is 2.99. The van der Waals surface area contributed by atoms with Gasteiger partial charge in [0, 0.05) is 57.3 Å². The van der Waals surface area contributed by atoms with Crippen LogP contribution < -0.4 is 15.1 Å². The van der Waals surface area contributed by atoms with Crippen LogP contribution in [-0.2, 0) is 9.59 Å². The minimum absolute atomic E-state index is 0.275. The van der Waals surface area contributed by atoms with Gasteiger partial charge in [-0.15, -0.1) is 0 Å². The molecule has 6 nitrogen and oxygen atoms in total. The van der Waals surface area contributed by atoms with Crippen molar-refractivity contribution < 1.29 is 14.0 Å². The number of halogens is 1. The molecule has 0 unspecified atom stereocenters. The molecule has 2 aromatic rings. The number of anilines is 3. The highest BCUT2D eigenvalue weighted by atomic mass is 19.1. The van der Waals surface area contributed by atoms with E-state index in [1.54, 1.807) is 29.2 Å². The van der Waals surface area contributed by atoms with Crippen molar-refractivity contribution >= 4 is 28.9 Å². The van der Waals surface area contributed by atoms with Gasteiger partial charge in [0.1, 0.15) is 5.82 Å². The summed E-state index contributed by atoms with van der Waals surface area (Å²) in [5.41, 5.74) is 2.51. The summed E-state index contributed by atoms with van der Waals surface area (Å²) >= 11 is 0. The Hall–Kier alpha value is -3.09. The number of benzene rings is 2. The molecule has 1 fully saturated rings. The van der Waals surface area contributed by atoms with Gasteiger partial charge in [0.15, 0.2) is 0 Å². The number of rotatable bonds is 3. The van der Waals surface area contributed by atoms with Gasteiger partial charge in [0.05, 0.1) is 0 Å². The molecule has 1 aliphatic heterocycles. The zero-order chi connectivity index (χ0) is 19.4. The van der Waals surface area contributed by atoms with Gasteiger partial charge in [-0.05, 0) is 48.5 Å². The molecule has 0 aromatic heterocycles. The largest absolute Gasteiger partial charge is 0.378 e. The van der Waals surface area contributed by atoms with Gasteiger partial charge in [-0.2, -0.15) is 0 Å². The van der Waals surface area contributed by atoms with Crippen LogP contribution in [0.15, 0.2) is 48.5 Å². The molecular formula is C20H23FN4O2. The molecule has 0 radical (unpaired) electrons. The van der Waals surface area contributed by atoms with Crippen molar-refractivity contribution in [3.8, 4) is 0 Å². The van der Waals surface area contributed by atoms with E-state index >= 15 is 0 Å². The summed E-state index contributed by atoms with van der Waals surface area (Å²) in [7, 11) is 3.87. The van der Waals surface area contributed by atoms with E-state index in [4.69, 9.17) is 0 Å². The summed E-state index contributed by atoms with van der Waals surface area (Å²) < 4.78 is 13.0. The monoisotopic (exact) mass is 370 g/mol. The summed E-state index contributed by atoms with van der Waals surface area (Å²) in [4.78, 5) is 30.2. The second kappa shape index (κ2) is 8.07. The van der Waals surface area contributed by atoms with E-state index in [2.05, 4.69) is 10.2 Å². The molecule has 1 aliphatic rings. The molecule has 142 valence electrons. The zero-order valence-corrected chi connectivity index (χ0v) is 15.5. The lowest BCUT2D eigenvalue weighted by Crippen LogP contribution is -2.51. The molecular weight excluding hydrogens is 347 g/mol. The lowest BCUT2D eigenvalue weighted by molar-refractivity contribution is -0.143. The van der Waals surface area contributed by atoms with Crippen LogP contribution in [0.1, 0.15) is 0 Å². The minimum atomic E-state index is -0.636. The number of hydrogen-bond donors (Lipinski definition) is 1. The topological polar surface area (TPSA) is 55.9 Å². The molecule has 3 rings (SSSR count). The molecule has 0 atom stereocenters. The van der Waals surface area contributed by atoms with Gasteiger partial charge < -0.3 is 20.0 Å². The predicted molar refractivity (Wildman–Crippen MR) is 105 cm³/mol. The standard InChI is InChI=1S/C20H23FN4O2/c1-23(2)17-9-5-16(6-10-17)22-19(26)20(27)25-13-11-24(12-14-25)18-7-3-15(21)4-8-18/h3-10H,11-14H2,1-2H3,(H,22,26). The number of nitrogens with zero attached hydrogens (tertiary/aromatic N) is 3. The van der Waals surface area contributed by atoms with Gasteiger partial charge in [-0.1, -0.05) is 0 Å². The molecule has 0 spiro atoms. The highest BCUT2D eigenvalue weighted by Gasteiger charge is 2.26. The molecule has 27 heavy (non-hydrogen) atoms. The Morgan fingerprint density at radius 1 is 0.926 bits per heavy atom. The number of hydrogen-bond acceptors (Lipinski definition) is 4. The Morgan fingerprint density at radius 3 is 2.07 bits per heavy atom. The first-order chi connectivity index (χ1) is 12.9. The quantitative estimate of drug-likeness (QED) is 0.842. The van der Waals surface area contributed by atoms with E-state index < -0.39 is 11.8 Å². The molecule has 1 saturated heterocycles. The predicted octanol–water partition coefficient (Wildman–Crippen LogP) is 2.18. The van der Waals surface area contributed by atoms with E-state index in [0.717, 1.165) is 11.4 Å². The number of nitrogens with one attached hydrogen (secondary N) is 1. The molecule has 2 amide bonds. The van der Waals surface area contributed by atoms with E-state index in [0.29, 0.717) is 31.9 Å². The lowest BCUT2D eigenvalue weighted by Gasteiger charge is -2.35. The Morgan fingerprint density at radius 2 is 1.52 bits per heavy atom. The van der Waals surface area contributed by atoms with Crippen molar-refractivity contribution in [3.05, 3.63) is 54.3 Å². The first kappa shape index (κ1) is 18.7. The fourth-order valence-corrected chi connectivity index (χ4v) is 2.99. The van der Waals surface area contributed by atoms with Crippen LogP contribution in [0.3, 0.4) is 0 Å². The molecule has 7 heteroatoms. The van der Waals surface area contributed by atoms with E-state index in [9.17, 15) is 14.0 Å². The van der Waals surface area contributed by atoms with Crippen molar-refractivity contribution in [1.82, 2.24) is 4.90 Å². The van der Waals surface area contributed by atoms with Crippen LogP contribution in [0, 0.1) is 5.82 Å². The molecule has 2 aromatic carbocycles. The molecule has 1 heterocycles. The summed E-state index contributed by atoms with van der Waals surface area (Å²) in [6.07, 6.45) is 0. The van der Waals surface area contributed by atoms with Crippen molar-refractivity contribution in [2.24, 2.45) is 0 Å². The number of amides is 2. The molecule has 0 aliphatic carbocycles. The van der Waals surface area contributed by atoms with Crippen LogP contribution >= 0.6 is 0 Å². The van der Waals surface area contributed by atoms with Gasteiger partial charge in [0.25, 0.3) is 0 Å². The summed E-state index contributed by atoms with van der Waals surface area (Å²) in [6.45, 7) is 2.09. The minimum Gasteiger partial charge on any atom is -0.378 e. The van der Waals surface area contributed by atoms with Crippen LogP contribution in [0.25, 0.3) is 0 Å². The van der Waals surface area contributed by atoms with Gasteiger partial charge in [0.2, 0.25) is 0 Å². The highest BCUT2D eigenvalue weighted by Crippen LogP contribution is 2.18. The van der Waals surface area contributed by atoms with Gasteiger partial charge >= 0.3 is 11.8 Å². The smallest absolute Gasteiger partial charge is 0.313 e. The number of piperazine rings is 1. The molecule has 0 bridgehead atoms. The third-order valence-electron chi connectivity index (χ3n) is 4.59. The van der Waals surface area contributed by atoms with E-state index in [-0.39, 0.29) is 5.82 Å². The SMILES string of the molecule is CN(C)c1ccc(NC(=O)C(=O)N2CCN(c3ccc(F)cc3)CC2)cc1. The zero-order valence-electron chi connectivity index (χ0n) is 15.5. The van der Waals surface area contributed by atoms with Crippen molar-refractivity contribution in [2.75, 3.05) is 55.4 Å². The Labute approximate surface area is 158 Å². The first-order valence-electron chi connectivity index (χ1n) is 8.82. The van der Waals surface area contributed by atoms with Crippen molar-refractivity contribution in [1.29, 1.82) is 0 Å². The lowest BCUT2D eigenvalue weighted by atomic mass is 10.2. The van der Waals surface area contributed by atoms with Gasteiger partial charge in [-0.25, -0.2) is 4.39 Å². The van der Waals surface area contributed by atoms with E-state index in [1.807, 2.05) is 31.1 Å². The second-order valence-electron chi connectivity index (χ2n) is 6.65. The molecule has 0 saturated carbocycles. The second-order valence-corrected chi connectivity index (χ2v) is 6.65. The first-order valence-corrected chi connectivity index (χ1v) is 8.82. The maximum Gasteiger partial charge on any atom is 0.313 e. The maximum atomic E-state index is 13.0. The third kappa shape index (κ3) is 4.55. The third-order valence-corrected chi connectivity index (χ3v) is 4.59. The van der Waals surface area contributed by atoms with Crippen LogP contribution in [-0.4, -0.2) is 57.0 Å². The van der Waals surface area contributed by atoms with Gasteiger partial charge in [-0.3, -0.25) is 9.59 Å². The normalized spacial score (nSPS) is 14.0. The van der Waals surface area contributed by atoms with Crippen molar-refractivity contribution in [2.45, 2.75) is 0 Å². The summed E-state index contributed by atoms with van der Waals surface area (Å²) in [6, 6.07) is 13.6. The molecule has 1 N–H and O–H groups in total. The van der Waals surface area contributed by atoms with E-state index in [1.165, 1.54) is 12.1 Å². The average molecular weight is 370 g/mol.